The molecule has 5 heteroatoms. The summed E-state index contributed by atoms with van der Waals surface area (Å²) in [6.45, 7) is 0.115. The van der Waals surface area contributed by atoms with Gasteiger partial charge in [-0.25, -0.2) is 8.78 Å². The number of ether oxygens (including phenoxy) is 1. The number of nitrogens with zero attached hydrogens (tertiary/aromatic N) is 1. The van der Waals surface area contributed by atoms with Crippen molar-refractivity contribution in [3.05, 3.63) is 59.7 Å². The Labute approximate surface area is 109 Å². The normalized spacial score (nSPS) is 10.8. The number of hydrogen-bond acceptors (Lipinski definition) is 3. The Morgan fingerprint density at radius 2 is 1.89 bits per heavy atom. The lowest BCUT2D eigenvalue weighted by molar-refractivity contribution is 0.325. The molecular weight excluding hydrogens is 250 g/mol. The Hall–Kier alpha value is -2.43. The lowest BCUT2D eigenvalue weighted by Gasteiger charge is -2.04. The first-order valence-corrected chi connectivity index (χ1v) is 5.62. The van der Waals surface area contributed by atoms with Crippen molar-refractivity contribution in [1.82, 2.24) is 4.98 Å². The number of pyridine rings is 1. The molecule has 0 radical (unpaired) electrons. The molecule has 0 bridgehead atoms. The molecule has 0 spiro atoms. The van der Waals surface area contributed by atoms with Gasteiger partial charge in [-0.3, -0.25) is 0 Å². The van der Waals surface area contributed by atoms with Gasteiger partial charge in [-0.1, -0.05) is 36.4 Å². The van der Waals surface area contributed by atoms with E-state index in [4.69, 9.17) is 10.5 Å². The van der Waals surface area contributed by atoms with E-state index >= 15 is 0 Å². The molecule has 2 N–H and O–H groups in total. The third kappa shape index (κ3) is 3.51. The van der Waals surface area contributed by atoms with Gasteiger partial charge in [-0.15, -0.1) is 0 Å². The summed E-state index contributed by atoms with van der Waals surface area (Å²) in [5.41, 5.74) is 6.23. The van der Waals surface area contributed by atoms with Gasteiger partial charge in [0.1, 0.15) is 6.61 Å². The number of nitrogens with two attached hydrogens (primary N) is 1. The van der Waals surface area contributed by atoms with Crippen molar-refractivity contribution in [3.63, 3.8) is 0 Å². The van der Waals surface area contributed by atoms with Crippen molar-refractivity contribution < 1.29 is 13.5 Å². The molecule has 0 saturated carbocycles. The fraction of sp³-hybridized carbons (Fsp3) is 0.0714. The molecule has 0 saturated heterocycles. The summed E-state index contributed by atoms with van der Waals surface area (Å²) < 4.78 is 31.2. The second-order valence-electron chi connectivity index (χ2n) is 3.77. The summed E-state index contributed by atoms with van der Waals surface area (Å²) in [6, 6.07) is 10.2. The van der Waals surface area contributed by atoms with Crippen LogP contribution in [0.1, 0.15) is 5.56 Å². The molecule has 0 unspecified atom stereocenters. The Morgan fingerprint density at radius 1 is 1.16 bits per heavy atom. The molecule has 1 aromatic heterocycles. The van der Waals surface area contributed by atoms with E-state index in [0.717, 1.165) is 5.56 Å². The van der Waals surface area contributed by atoms with Crippen molar-refractivity contribution in [1.29, 1.82) is 0 Å². The van der Waals surface area contributed by atoms with Crippen LogP contribution in [0, 0.1) is 11.6 Å². The Bertz CT molecular complexity index is 585. The van der Waals surface area contributed by atoms with Crippen molar-refractivity contribution in [2.45, 2.75) is 0 Å². The lowest BCUT2D eigenvalue weighted by Crippen LogP contribution is -2.03. The van der Waals surface area contributed by atoms with Gasteiger partial charge in [0.15, 0.2) is 17.5 Å². The predicted molar refractivity (Wildman–Crippen MR) is 69.5 cm³/mol. The van der Waals surface area contributed by atoms with E-state index in [1.165, 1.54) is 0 Å². The van der Waals surface area contributed by atoms with Crippen LogP contribution in [-0.2, 0) is 0 Å². The Balaban J connectivity index is 1.96. The van der Waals surface area contributed by atoms with Crippen LogP contribution in [0.3, 0.4) is 0 Å². The zero-order valence-electron chi connectivity index (χ0n) is 10.0. The van der Waals surface area contributed by atoms with Crippen LogP contribution in [0.25, 0.3) is 6.08 Å². The number of anilines is 1. The number of aromatic nitrogens is 1. The monoisotopic (exact) mass is 262 g/mol. The maximum Gasteiger partial charge on any atom is 0.252 e. The van der Waals surface area contributed by atoms with Gasteiger partial charge in [0.05, 0.1) is 0 Å². The fourth-order valence-electron chi connectivity index (χ4n) is 1.44. The van der Waals surface area contributed by atoms with E-state index in [0.29, 0.717) is 6.07 Å². The van der Waals surface area contributed by atoms with E-state index in [1.807, 2.05) is 36.4 Å². The Morgan fingerprint density at radius 3 is 2.63 bits per heavy atom. The number of nitrogen functional groups attached to an aromatic ring is 1. The van der Waals surface area contributed by atoms with Gasteiger partial charge < -0.3 is 10.5 Å². The topological polar surface area (TPSA) is 48.1 Å². The zero-order chi connectivity index (χ0) is 13.7. The van der Waals surface area contributed by atoms with E-state index in [9.17, 15) is 8.78 Å². The summed E-state index contributed by atoms with van der Waals surface area (Å²) >= 11 is 0. The summed E-state index contributed by atoms with van der Waals surface area (Å²) in [4.78, 5) is 3.49. The number of halogens is 2. The first-order valence-electron chi connectivity index (χ1n) is 5.62. The first-order chi connectivity index (χ1) is 9.16. The second-order valence-corrected chi connectivity index (χ2v) is 3.77. The average molecular weight is 262 g/mol. The van der Waals surface area contributed by atoms with E-state index in [2.05, 4.69) is 4.98 Å². The van der Waals surface area contributed by atoms with Crippen LogP contribution in [0.4, 0.5) is 14.6 Å². The SMILES string of the molecule is Nc1nc(OC/C=C/c2ccccc2)c(F)cc1F. The highest BCUT2D eigenvalue weighted by molar-refractivity contribution is 5.48. The molecule has 0 amide bonds. The molecule has 3 nitrogen and oxygen atoms in total. The van der Waals surface area contributed by atoms with Gasteiger partial charge >= 0.3 is 0 Å². The maximum atomic E-state index is 13.3. The largest absolute Gasteiger partial charge is 0.471 e. The van der Waals surface area contributed by atoms with E-state index in [1.54, 1.807) is 6.08 Å². The standard InChI is InChI=1S/C14H12F2N2O/c15-11-9-12(16)14(18-13(11)17)19-8-4-7-10-5-2-1-3-6-10/h1-7,9H,8H2,(H2,17,18)/b7-4+. The zero-order valence-corrected chi connectivity index (χ0v) is 10.0. The van der Waals surface area contributed by atoms with Crippen LogP contribution in [0.5, 0.6) is 5.88 Å². The minimum Gasteiger partial charge on any atom is -0.471 e. The van der Waals surface area contributed by atoms with E-state index in [-0.39, 0.29) is 18.3 Å². The van der Waals surface area contributed by atoms with Crippen LogP contribution in [-0.4, -0.2) is 11.6 Å². The van der Waals surface area contributed by atoms with Crippen molar-refractivity contribution in [2.75, 3.05) is 12.3 Å². The van der Waals surface area contributed by atoms with Gasteiger partial charge in [-0.05, 0) is 11.6 Å². The smallest absolute Gasteiger partial charge is 0.252 e. The van der Waals surface area contributed by atoms with Crippen LogP contribution in [0.2, 0.25) is 0 Å². The second kappa shape index (κ2) is 5.95. The quantitative estimate of drug-likeness (QED) is 0.921. The van der Waals surface area contributed by atoms with Crippen LogP contribution < -0.4 is 10.5 Å². The summed E-state index contributed by atoms with van der Waals surface area (Å²) in [7, 11) is 0. The highest BCUT2D eigenvalue weighted by atomic mass is 19.1. The van der Waals surface area contributed by atoms with Crippen molar-refractivity contribution in [2.24, 2.45) is 0 Å². The third-order valence-electron chi connectivity index (χ3n) is 2.35. The molecule has 1 aromatic carbocycles. The molecule has 0 atom stereocenters. The molecule has 0 aliphatic rings. The average Bonchev–Trinajstić information content (AvgIpc) is 2.41. The molecule has 0 aliphatic heterocycles. The predicted octanol–water partition coefficient (Wildman–Crippen LogP) is 3.03. The maximum absolute atomic E-state index is 13.3. The van der Waals surface area contributed by atoms with Crippen LogP contribution in [0.15, 0.2) is 42.5 Å². The van der Waals surface area contributed by atoms with Gasteiger partial charge in [0, 0.05) is 6.07 Å². The highest BCUT2D eigenvalue weighted by Gasteiger charge is 2.09. The minimum atomic E-state index is -0.898. The summed E-state index contributed by atoms with van der Waals surface area (Å²) in [5.74, 6) is -2.47. The minimum absolute atomic E-state index is 0.115. The molecule has 2 rings (SSSR count). The molecule has 0 aliphatic carbocycles. The number of hydrogen-bond donors (Lipinski definition) is 1. The lowest BCUT2D eigenvalue weighted by atomic mass is 10.2. The molecule has 0 fully saturated rings. The first kappa shape index (κ1) is 13.0. The molecule has 2 aromatic rings. The number of rotatable bonds is 4. The highest BCUT2D eigenvalue weighted by Crippen LogP contribution is 2.18. The van der Waals surface area contributed by atoms with Crippen molar-refractivity contribution in [3.8, 4) is 5.88 Å². The van der Waals surface area contributed by atoms with Gasteiger partial charge in [-0.2, -0.15) is 4.98 Å². The third-order valence-corrected chi connectivity index (χ3v) is 2.35. The number of benzene rings is 1. The van der Waals surface area contributed by atoms with Gasteiger partial charge in [0.2, 0.25) is 0 Å². The van der Waals surface area contributed by atoms with E-state index < -0.39 is 11.6 Å². The molecular formula is C14H12F2N2O. The van der Waals surface area contributed by atoms with Gasteiger partial charge in [0.25, 0.3) is 5.88 Å². The molecule has 19 heavy (non-hydrogen) atoms. The Kier molecular flexibility index (Phi) is 4.07. The molecule has 1 heterocycles. The fourth-order valence-corrected chi connectivity index (χ4v) is 1.44. The molecule has 98 valence electrons. The summed E-state index contributed by atoms with van der Waals surface area (Å²) in [5, 5.41) is 0. The summed E-state index contributed by atoms with van der Waals surface area (Å²) in [6.07, 6.45) is 3.53. The van der Waals surface area contributed by atoms with Crippen LogP contribution >= 0.6 is 0 Å². The van der Waals surface area contributed by atoms with Crippen molar-refractivity contribution >= 4 is 11.9 Å².